The minimum absolute atomic E-state index is 0.164. The van der Waals surface area contributed by atoms with Gasteiger partial charge in [0.1, 0.15) is 6.10 Å². The fourth-order valence-electron chi connectivity index (χ4n) is 2.54. The number of aliphatic carboxylic acids is 1. The van der Waals surface area contributed by atoms with Crippen LogP contribution < -0.4 is 0 Å². The zero-order valence-corrected chi connectivity index (χ0v) is 13.8. The van der Waals surface area contributed by atoms with Crippen molar-refractivity contribution in [3.63, 3.8) is 0 Å². The molecule has 4 nitrogen and oxygen atoms in total. The summed E-state index contributed by atoms with van der Waals surface area (Å²) in [5, 5.41) is 8.51. The number of allylic oxidation sites excluding steroid dienone is 1. The SMILES string of the molecule is CCCCC[C@@H]1O[C@H]1/C=C/C(=O)CCCCCCCC(=O)O. The molecule has 1 saturated heterocycles. The molecule has 126 valence electrons. The molecule has 0 aromatic heterocycles. The molecular formula is C18H30O4. The molecule has 0 spiro atoms. The molecule has 1 aliphatic heterocycles. The number of ether oxygens (including phenoxy) is 1. The number of hydrogen-bond acceptors (Lipinski definition) is 3. The number of unbranched alkanes of at least 4 members (excludes halogenated alkanes) is 6. The van der Waals surface area contributed by atoms with Crippen LogP contribution in [0.4, 0.5) is 0 Å². The summed E-state index contributed by atoms with van der Waals surface area (Å²) < 4.78 is 5.52. The number of hydrogen-bond donors (Lipinski definition) is 1. The Morgan fingerprint density at radius 3 is 2.36 bits per heavy atom. The van der Waals surface area contributed by atoms with Crippen LogP contribution >= 0.6 is 0 Å². The highest BCUT2D eigenvalue weighted by Crippen LogP contribution is 2.28. The molecule has 0 aliphatic carbocycles. The topological polar surface area (TPSA) is 66.9 Å². The Hall–Kier alpha value is -1.16. The van der Waals surface area contributed by atoms with Gasteiger partial charge in [0, 0.05) is 12.8 Å². The molecule has 0 amide bonds. The van der Waals surface area contributed by atoms with E-state index in [0.29, 0.717) is 12.5 Å². The first-order valence-corrected chi connectivity index (χ1v) is 8.71. The number of ketones is 1. The highest BCUT2D eigenvalue weighted by atomic mass is 16.6. The maximum Gasteiger partial charge on any atom is 0.303 e. The van der Waals surface area contributed by atoms with E-state index in [1.165, 1.54) is 19.3 Å². The van der Waals surface area contributed by atoms with Gasteiger partial charge >= 0.3 is 5.97 Å². The van der Waals surface area contributed by atoms with Crippen molar-refractivity contribution in [2.24, 2.45) is 0 Å². The standard InChI is InChI=1S/C18H30O4/c1-2-3-7-11-16-17(22-16)14-13-15(19)10-8-5-4-6-9-12-18(20)21/h13-14,16-17H,2-12H2,1H3,(H,20,21)/b14-13+/t16-,17-/m0/s1. The highest BCUT2D eigenvalue weighted by molar-refractivity contribution is 5.89. The van der Waals surface area contributed by atoms with Gasteiger partial charge in [0.05, 0.1) is 6.10 Å². The fourth-order valence-corrected chi connectivity index (χ4v) is 2.54. The third kappa shape index (κ3) is 9.72. The molecule has 1 N–H and O–H groups in total. The molecular weight excluding hydrogens is 280 g/mol. The van der Waals surface area contributed by atoms with Gasteiger partial charge < -0.3 is 9.84 Å². The monoisotopic (exact) mass is 310 g/mol. The van der Waals surface area contributed by atoms with Crippen LogP contribution in [0.3, 0.4) is 0 Å². The predicted molar refractivity (Wildman–Crippen MR) is 86.9 cm³/mol. The Kier molecular flexibility index (Phi) is 9.80. The van der Waals surface area contributed by atoms with Crippen molar-refractivity contribution in [1.29, 1.82) is 0 Å². The van der Waals surface area contributed by atoms with E-state index >= 15 is 0 Å². The molecule has 1 rings (SSSR count). The first-order chi connectivity index (χ1) is 10.6. The van der Waals surface area contributed by atoms with E-state index < -0.39 is 5.97 Å². The third-order valence-corrected chi connectivity index (χ3v) is 4.00. The van der Waals surface area contributed by atoms with Crippen molar-refractivity contribution in [1.82, 2.24) is 0 Å². The van der Waals surface area contributed by atoms with E-state index in [-0.39, 0.29) is 18.3 Å². The first kappa shape index (κ1) is 18.9. The van der Waals surface area contributed by atoms with Crippen LogP contribution in [0.15, 0.2) is 12.2 Å². The average Bonchev–Trinajstić information content (AvgIpc) is 3.22. The summed E-state index contributed by atoms with van der Waals surface area (Å²) in [7, 11) is 0. The molecule has 4 heteroatoms. The summed E-state index contributed by atoms with van der Waals surface area (Å²) in [6, 6.07) is 0. The Labute approximate surface area is 133 Å². The van der Waals surface area contributed by atoms with Gasteiger partial charge in [-0.2, -0.15) is 0 Å². The second-order valence-electron chi connectivity index (χ2n) is 6.12. The van der Waals surface area contributed by atoms with E-state index in [1.54, 1.807) is 6.08 Å². The lowest BCUT2D eigenvalue weighted by Gasteiger charge is -1.98. The van der Waals surface area contributed by atoms with Gasteiger partial charge in [-0.3, -0.25) is 9.59 Å². The van der Waals surface area contributed by atoms with Crippen LogP contribution in [0, 0.1) is 0 Å². The Morgan fingerprint density at radius 1 is 1.00 bits per heavy atom. The van der Waals surface area contributed by atoms with E-state index in [2.05, 4.69) is 6.92 Å². The van der Waals surface area contributed by atoms with Crippen LogP contribution in [-0.4, -0.2) is 29.1 Å². The summed E-state index contributed by atoms with van der Waals surface area (Å²) in [4.78, 5) is 22.0. The van der Waals surface area contributed by atoms with Crippen molar-refractivity contribution in [3.8, 4) is 0 Å². The van der Waals surface area contributed by atoms with Gasteiger partial charge in [0.15, 0.2) is 5.78 Å². The number of rotatable bonds is 14. The van der Waals surface area contributed by atoms with Gasteiger partial charge in [0.2, 0.25) is 0 Å². The molecule has 0 aromatic rings. The Bertz CT molecular complexity index is 362. The molecule has 0 unspecified atom stereocenters. The largest absolute Gasteiger partial charge is 0.481 e. The summed E-state index contributed by atoms with van der Waals surface area (Å²) >= 11 is 0. The Morgan fingerprint density at radius 2 is 1.68 bits per heavy atom. The molecule has 0 saturated carbocycles. The summed E-state index contributed by atoms with van der Waals surface area (Å²) in [5.41, 5.74) is 0. The molecule has 0 aromatic carbocycles. The van der Waals surface area contributed by atoms with Crippen molar-refractivity contribution in [2.75, 3.05) is 0 Å². The smallest absolute Gasteiger partial charge is 0.303 e. The lowest BCUT2D eigenvalue weighted by Crippen LogP contribution is -1.96. The summed E-state index contributed by atoms with van der Waals surface area (Å²) in [6.07, 6.45) is 14.3. The number of carboxylic acids is 1. The highest BCUT2D eigenvalue weighted by Gasteiger charge is 2.35. The minimum atomic E-state index is -0.726. The van der Waals surface area contributed by atoms with Crippen LogP contribution in [-0.2, 0) is 14.3 Å². The van der Waals surface area contributed by atoms with E-state index in [0.717, 1.165) is 38.5 Å². The number of carbonyl (C=O) groups excluding carboxylic acids is 1. The molecule has 0 bridgehead atoms. The average molecular weight is 310 g/mol. The maximum absolute atomic E-state index is 11.7. The number of epoxide rings is 1. The molecule has 1 fully saturated rings. The van der Waals surface area contributed by atoms with Gasteiger partial charge in [-0.25, -0.2) is 0 Å². The number of carboxylic acid groups (broad SMARTS) is 1. The van der Waals surface area contributed by atoms with E-state index in [1.807, 2.05) is 6.08 Å². The van der Waals surface area contributed by atoms with Gasteiger partial charge in [-0.1, -0.05) is 45.4 Å². The first-order valence-electron chi connectivity index (χ1n) is 8.71. The molecule has 1 aliphatic rings. The third-order valence-electron chi connectivity index (χ3n) is 4.00. The lowest BCUT2D eigenvalue weighted by atomic mass is 10.1. The van der Waals surface area contributed by atoms with Crippen LogP contribution in [0.25, 0.3) is 0 Å². The van der Waals surface area contributed by atoms with Crippen molar-refractivity contribution >= 4 is 11.8 Å². The zero-order valence-electron chi connectivity index (χ0n) is 13.8. The molecule has 1 heterocycles. The van der Waals surface area contributed by atoms with Crippen molar-refractivity contribution in [3.05, 3.63) is 12.2 Å². The van der Waals surface area contributed by atoms with Gasteiger partial charge in [-0.15, -0.1) is 0 Å². The summed E-state index contributed by atoms with van der Waals surface area (Å²) in [5.74, 6) is -0.552. The van der Waals surface area contributed by atoms with Crippen LogP contribution in [0.5, 0.6) is 0 Å². The normalized spacial score (nSPS) is 20.4. The quantitative estimate of drug-likeness (QED) is 0.295. The maximum atomic E-state index is 11.7. The predicted octanol–water partition coefficient (Wildman–Crippen LogP) is 4.27. The van der Waals surface area contributed by atoms with E-state index in [4.69, 9.17) is 9.84 Å². The van der Waals surface area contributed by atoms with Gasteiger partial charge in [0.25, 0.3) is 0 Å². The molecule has 22 heavy (non-hydrogen) atoms. The lowest BCUT2D eigenvalue weighted by molar-refractivity contribution is -0.137. The second-order valence-corrected chi connectivity index (χ2v) is 6.12. The van der Waals surface area contributed by atoms with Crippen molar-refractivity contribution in [2.45, 2.75) is 89.8 Å². The van der Waals surface area contributed by atoms with E-state index in [9.17, 15) is 9.59 Å². The summed E-state index contributed by atoms with van der Waals surface area (Å²) in [6.45, 7) is 2.19. The minimum Gasteiger partial charge on any atom is -0.481 e. The number of carbonyl (C=O) groups is 2. The molecule has 0 radical (unpaired) electrons. The zero-order chi connectivity index (χ0) is 16.2. The van der Waals surface area contributed by atoms with Crippen LogP contribution in [0.2, 0.25) is 0 Å². The Balaban J connectivity index is 1.93. The van der Waals surface area contributed by atoms with Gasteiger partial charge in [-0.05, 0) is 31.4 Å². The van der Waals surface area contributed by atoms with Crippen LogP contribution in [0.1, 0.15) is 77.6 Å². The second kappa shape index (κ2) is 11.4. The van der Waals surface area contributed by atoms with Crippen molar-refractivity contribution < 1.29 is 19.4 Å². The molecule has 2 atom stereocenters. The fraction of sp³-hybridized carbons (Fsp3) is 0.778.